The monoisotopic (exact) mass is 267 g/mol. The second-order valence-corrected chi connectivity index (χ2v) is 5.89. The van der Waals surface area contributed by atoms with E-state index in [2.05, 4.69) is 57.8 Å². The van der Waals surface area contributed by atoms with Crippen molar-refractivity contribution in [1.29, 1.82) is 0 Å². The maximum atomic E-state index is 5.56. The van der Waals surface area contributed by atoms with Crippen LogP contribution in [0.2, 0.25) is 0 Å². The molecule has 0 saturated carbocycles. The summed E-state index contributed by atoms with van der Waals surface area (Å²) in [6, 6.07) is 4.33. The van der Waals surface area contributed by atoms with Crippen LogP contribution in [0.15, 0.2) is 12.1 Å². The highest BCUT2D eigenvalue weighted by atomic mass is 32.1. The summed E-state index contributed by atoms with van der Waals surface area (Å²) in [6.45, 7) is 10.6. The molecule has 18 heavy (non-hydrogen) atoms. The molecule has 0 unspecified atom stereocenters. The Balaban J connectivity index is 3.06. The molecule has 0 aliphatic rings. The first-order chi connectivity index (χ1) is 8.42. The molecule has 0 spiro atoms. The highest BCUT2D eigenvalue weighted by molar-refractivity contribution is 7.80. The molecule has 0 amide bonds. The van der Waals surface area contributed by atoms with Crippen molar-refractivity contribution in [3.05, 3.63) is 28.8 Å². The zero-order chi connectivity index (χ0) is 13.8. The highest BCUT2D eigenvalue weighted by Crippen LogP contribution is 2.35. The van der Waals surface area contributed by atoms with Crippen molar-refractivity contribution >= 4 is 12.6 Å². The molecule has 0 aliphatic heterocycles. The van der Waals surface area contributed by atoms with E-state index in [0.717, 1.165) is 24.6 Å². The molecular formula is C15H25NOS. The van der Waals surface area contributed by atoms with Crippen molar-refractivity contribution in [2.75, 3.05) is 26.0 Å². The lowest BCUT2D eigenvalue weighted by Crippen LogP contribution is -2.35. The van der Waals surface area contributed by atoms with Crippen LogP contribution in [-0.4, -0.2) is 26.0 Å². The summed E-state index contributed by atoms with van der Waals surface area (Å²) in [5.74, 6) is 1.85. The van der Waals surface area contributed by atoms with Gasteiger partial charge in [-0.05, 0) is 31.0 Å². The average Bonchev–Trinajstić information content (AvgIpc) is 2.27. The van der Waals surface area contributed by atoms with Crippen molar-refractivity contribution < 1.29 is 4.74 Å². The lowest BCUT2D eigenvalue weighted by molar-refractivity contribution is 0.385. The molecule has 0 aromatic heterocycles. The van der Waals surface area contributed by atoms with Gasteiger partial charge in [0.2, 0.25) is 0 Å². The molecule has 3 heteroatoms. The van der Waals surface area contributed by atoms with Gasteiger partial charge in [-0.25, -0.2) is 0 Å². The lowest BCUT2D eigenvalue weighted by Gasteiger charge is -2.29. The smallest absolute Gasteiger partial charge is 0.123 e. The van der Waals surface area contributed by atoms with Gasteiger partial charge in [-0.1, -0.05) is 19.9 Å². The van der Waals surface area contributed by atoms with E-state index in [1.165, 1.54) is 16.7 Å². The summed E-state index contributed by atoms with van der Waals surface area (Å²) in [5, 5.41) is 3.44. The number of thiol groups is 1. The Kier molecular flexibility index (Phi) is 5.54. The SMILES string of the molecule is COc1cc(C)cc(C)c1C(C)(C)CNCCS. The van der Waals surface area contributed by atoms with Gasteiger partial charge in [0.25, 0.3) is 0 Å². The number of ether oxygens (including phenoxy) is 1. The fourth-order valence-electron chi connectivity index (χ4n) is 2.53. The minimum Gasteiger partial charge on any atom is -0.496 e. The van der Waals surface area contributed by atoms with Gasteiger partial charge in [-0.3, -0.25) is 0 Å². The summed E-state index contributed by atoms with van der Waals surface area (Å²) in [7, 11) is 1.74. The lowest BCUT2D eigenvalue weighted by atomic mass is 9.80. The molecule has 0 atom stereocenters. The normalized spacial score (nSPS) is 11.7. The molecule has 102 valence electrons. The Morgan fingerprint density at radius 3 is 2.50 bits per heavy atom. The fourth-order valence-corrected chi connectivity index (χ4v) is 2.68. The molecule has 2 nitrogen and oxygen atoms in total. The quantitative estimate of drug-likeness (QED) is 0.610. The van der Waals surface area contributed by atoms with Gasteiger partial charge < -0.3 is 10.1 Å². The molecular weight excluding hydrogens is 242 g/mol. The van der Waals surface area contributed by atoms with Gasteiger partial charge in [-0.15, -0.1) is 0 Å². The van der Waals surface area contributed by atoms with Crippen molar-refractivity contribution in [2.24, 2.45) is 0 Å². The Morgan fingerprint density at radius 1 is 1.28 bits per heavy atom. The second kappa shape index (κ2) is 6.48. The molecule has 1 aromatic carbocycles. The number of hydrogen-bond acceptors (Lipinski definition) is 3. The molecule has 0 aliphatic carbocycles. The first-order valence-electron chi connectivity index (χ1n) is 6.39. The highest BCUT2D eigenvalue weighted by Gasteiger charge is 2.26. The third-order valence-corrected chi connectivity index (χ3v) is 3.42. The van der Waals surface area contributed by atoms with Gasteiger partial charge in [-0.2, -0.15) is 12.6 Å². The van der Waals surface area contributed by atoms with E-state index in [9.17, 15) is 0 Å². The zero-order valence-electron chi connectivity index (χ0n) is 12.1. The van der Waals surface area contributed by atoms with Crippen LogP contribution in [0.25, 0.3) is 0 Å². The molecule has 0 radical (unpaired) electrons. The van der Waals surface area contributed by atoms with Crippen molar-refractivity contribution in [1.82, 2.24) is 5.32 Å². The van der Waals surface area contributed by atoms with Gasteiger partial charge in [0, 0.05) is 29.8 Å². The number of hydrogen-bond donors (Lipinski definition) is 2. The van der Waals surface area contributed by atoms with Crippen LogP contribution >= 0.6 is 12.6 Å². The first kappa shape index (κ1) is 15.4. The van der Waals surface area contributed by atoms with E-state index in [4.69, 9.17) is 4.74 Å². The molecule has 0 saturated heterocycles. The largest absolute Gasteiger partial charge is 0.496 e. The second-order valence-electron chi connectivity index (χ2n) is 5.44. The number of aryl methyl sites for hydroxylation is 2. The van der Waals surface area contributed by atoms with Gasteiger partial charge in [0.05, 0.1) is 7.11 Å². The molecule has 0 heterocycles. The summed E-state index contributed by atoms with van der Waals surface area (Å²) in [5.41, 5.74) is 3.88. The number of nitrogens with one attached hydrogen (secondary N) is 1. The van der Waals surface area contributed by atoms with E-state index in [1.54, 1.807) is 7.11 Å². The summed E-state index contributed by atoms with van der Waals surface area (Å²) >= 11 is 4.22. The van der Waals surface area contributed by atoms with E-state index in [0.29, 0.717) is 0 Å². The van der Waals surface area contributed by atoms with Crippen LogP contribution in [-0.2, 0) is 5.41 Å². The van der Waals surface area contributed by atoms with Crippen molar-refractivity contribution in [2.45, 2.75) is 33.1 Å². The standard InChI is InChI=1S/C15H25NOS/c1-11-8-12(2)14(13(9-11)17-5)15(3,4)10-16-6-7-18/h8-9,16,18H,6-7,10H2,1-5H3. The van der Waals surface area contributed by atoms with Crippen molar-refractivity contribution in [3.8, 4) is 5.75 Å². The third-order valence-electron chi connectivity index (χ3n) is 3.20. The Labute approximate surface area is 117 Å². The van der Waals surface area contributed by atoms with Crippen LogP contribution in [0.1, 0.15) is 30.5 Å². The Hall–Kier alpha value is -0.670. The van der Waals surface area contributed by atoms with Gasteiger partial charge in [0.1, 0.15) is 5.75 Å². The minimum absolute atomic E-state index is 0.0477. The molecule has 0 fully saturated rings. The van der Waals surface area contributed by atoms with Gasteiger partial charge >= 0.3 is 0 Å². The maximum absolute atomic E-state index is 5.56. The topological polar surface area (TPSA) is 21.3 Å². The first-order valence-corrected chi connectivity index (χ1v) is 7.03. The Bertz CT molecular complexity index is 402. The van der Waals surface area contributed by atoms with Crippen LogP contribution in [0.4, 0.5) is 0 Å². The number of rotatable bonds is 6. The van der Waals surface area contributed by atoms with Crippen LogP contribution in [0.3, 0.4) is 0 Å². The average molecular weight is 267 g/mol. The molecule has 0 bridgehead atoms. The van der Waals surface area contributed by atoms with Crippen LogP contribution < -0.4 is 10.1 Å². The summed E-state index contributed by atoms with van der Waals surface area (Å²) < 4.78 is 5.56. The van der Waals surface area contributed by atoms with Crippen molar-refractivity contribution in [3.63, 3.8) is 0 Å². The van der Waals surface area contributed by atoms with E-state index >= 15 is 0 Å². The van der Waals surface area contributed by atoms with Gasteiger partial charge in [0.15, 0.2) is 0 Å². The summed E-state index contributed by atoms with van der Waals surface area (Å²) in [4.78, 5) is 0. The maximum Gasteiger partial charge on any atom is 0.123 e. The van der Waals surface area contributed by atoms with Crippen LogP contribution in [0.5, 0.6) is 5.75 Å². The molecule has 1 rings (SSSR count). The number of benzene rings is 1. The zero-order valence-corrected chi connectivity index (χ0v) is 13.0. The fraction of sp³-hybridized carbons (Fsp3) is 0.600. The summed E-state index contributed by atoms with van der Waals surface area (Å²) in [6.07, 6.45) is 0. The third kappa shape index (κ3) is 3.66. The van der Waals surface area contributed by atoms with E-state index in [-0.39, 0.29) is 5.41 Å². The number of methoxy groups -OCH3 is 1. The molecule has 1 N–H and O–H groups in total. The molecule has 1 aromatic rings. The van der Waals surface area contributed by atoms with Crippen LogP contribution in [0, 0.1) is 13.8 Å². The predicted molar refractivity (Wildman–Crippen MR) is 82.2 cm³/mol. The predicted octanol–water partition coefficient (Wildman–Crippen LogP) is 3.11. The van der Waals surface area contributed by atoms with E-state index < -0.39 is 0 Å². The minimum atomic E-state index is 0.0477. The Morgan fingerprint density at radius 2 is 1.94 bits per heavy atom. The van der Waals surface area contributed by atoms with E-state index in [1.807, 2.05) is 0 Å².